The number of carbonyl (C=O) groups is 1. The maximum atomic E-state index is 12.8. The average Bonchev–Trinajstić information content (AvgIpc) is 2.35. The zero-order valence-electron chi connectivity index (χ0n) is 11.5. The molecule has 0 aromatic heterocycles. The van der Waals surface area contributed by atoms with Crippen LogP contribution in [0.3, 0.4) is 0 Å². The number of rotatable bonds is 5. The number of carbonyl (C=O) groups excluding carboxylic acids is 1. The van der Waals surface area contributed by atoms with Crippen molar-refractivity contribution in [1.82, 2.24) is 9.21 Å². The van der Waals surface area contributed by atoms with E-state index in [0.717, 1.165) is 12.0 Å². The highest BCUT2D eigenvalue weighted by Crippen LogP contribution is 2.40. The molecule has 0 radical (unpaired) electrons. The molecule has 2 aliphatic heterocycles. The first kappa shape index (κ1) is 14.5. The number of hydrogen-bond donors (Lipinski definition) is 0. The Labute approximate surface area is 123 Å². The summed E-state index contributed by atoms with van der Waals surface area (Å²) in [5.74, 6) is -0.289. The van der Waals surface area contributed by atoms with Crippen LogP contribution in [0.2, 0.25) is 0 Å². The largest absolute Gasteiger partial charge is 0.344 e. The zero-order valence-corrected chi connectivity index (χ0v) is 12.4. The van der Waals surface area contributed by atoms with E-state index in [1.165, 1.54) is 16.4 Å². The van der Waals surface area contributed by atoms with Crippen LogP contribution in [-0.2, 0) is 21.2 Å². The second kappa shape index (κ2) is 5.06. The highest BCUT2D eigenvalue weighted by atomic mass is 32.2. The maximum absolute atomic E-state index is 12.8. The zero-order chi connectivity index (χ0) is 15.1. The number of nitrogens with zero attached hydrogens (tertiary/aromatic N) is 2. The third kappa shape index (κ3) is 2.80. The molecule has 7 heteroatoms. The molecule has 2 fully saturated rings. The molecule has 2 heterocycles. The first-order chi connectivity index (χ1) is 9.92. The molecule has 1 aromatic carbocycles. The van der Waals surface area contributed by atoms with E-state index in [4.69, 9.17) is 0 Å². The van der Waals surface area contributed by atoms with Crippen LogP contribution in [0.15, 0.2) is 24.3 Å². The van der Waals surface area contributed by atoms with E-state index in [0.29, 0.717) is 32.6 Å². The van der Waals surface area contributed by atoms with Gasteiger partial charge in [-0.15, -0.1) is 0 Å². The van der Waals surface area contributed by atoms with Gasteiger partial charge in [0.25, 0.3) is 0 Å². The van der Waals surface area contributed by atoms with Crippen LogP contribution < -0.4 is 0 Å². The monoisotopic (exact) mass is 312 g/mol. The molecule has 114 valence electrons. The van der Waals surface area contributed by atoms with Gasteiger partial charge in [0.2, 0.25) is 16.4 Å². The fraction of sp³-hybridized carbons (Fsp3) is 0.500. The van der Waals surface area contributed by atoms with E-state index >= 15 is 0 Å². The van der Waals surface area contributed by atoms with Gasteiger partial charge >= 0.3 is 0 Å². The lowest BCUT2D eigenvalue weighted by molar-refractivity contribution is -0.138. The summed E-state index contributed by atoms with van der Waals surface area (Å²) in [6.45, 7) is 2.31. The van der Waals surface area contributed by atoms with Crippen LogP contribution in [0.1, 0.15) is 5.56 Å². The summed E-state index contributed by atoms with van der Waals surface area (Å²) in [5.41, 5.74) is 0.801. The van der Waals surface area contributed by atoms with Gasteiger partial charge in [0.15, 0.2) is 0 Å². The smallest absolute Gasteiger partial charge is 0.214 e. The summed E-state index contributed by atoms with van der Waals surface area (Å²) >= 11 is 0. The van der Waals surface area contributed by atoms with Crippen molar-refractivity contribution < 1.29 is 17.6 Å². The number of hydrogen-bond acceptors (Lipinski definition) is 3. The van der Waals surface area contributed by atoms with Crippen molar-refractivity contribution in [3.8, 4) is 0 Å². The lowest BCUT2D eigenvalue weighted by atomic mass is 9.75. The van der Waals surface area contributed by atoms with Crippen LogP contribution in [0, 0.1) is 11.2 Å². The van der Waals surface area contributed by atoms with Crippen molar-refractivity contribution in [2.24, 2.45) is 5.41 Å². The standard InChI is InChI=1S/C14H17FN2O3S/c15-13-3-1-12(2-4-13)5-6-21(19,20)17-9-14(10-17)7-16(8-14)11-18/h1-4,11H,5-10H2. The molecule has 0 saturated carbocycles. The Morgan fingerprint density at radius 2 is 1.76 bits per heavy atom. The fourth-order valence-electron chi connectivity index (χ4n) is 3.02. The molecule has 0 unspecified atom stereocenters. The average molecular weight is 312 g/mol. The Morgan fingerprint density at radius 3 is 2.33 bits per heavy atom. The van der Waals surface area contributed by atoms with Crippen LogP contribution >= 0.6 is 0 Å². The number of benzene rings is 1. The van der Waals surface area contributed by atoms with E-state index in [2.05, 4.69) is 0 Å². The number of aryl methyl sites for hydroxylation is 1. The summed E-state index contributed by atoms with van der Waals surface area (Å²) in [7, 11) is -3.27. The molecule has 21 heavy (non-hydrogen) atoms. The number of amides is 1. The third-order valence-corrected chi connectivity index (χ3v) is 5.97. The molecule has 0 aliphatic carbocycles. The topological polar surface area (TPSA) is 57.7 Å². The van der Waals surface area contributed by atoms with Gasteiger partial charge in [-0.2, -0.15) is 0 Å². The molecular weight excluding hydrogens is 295 g/mol. The summed E-state index contributed by atoms with van der Waals surface area (Å²) in [6.07, 6.45) is 1.18. The van der Waals surface area contributed by atoms with Crippen molar-refractivity contribution in [3.05, 3.63) is 35.6 Å². The first-order valence-corrected chi connectivity index (χ1v) is 8.45. The SMILES string of the molecule is O=CN1CC2(C1)CN(S(=O)(=O)CCc1ccc(F)cc1)C2. The van der Waals surface area contributed by atoms with Crippen LogP contribution in [0.25, 0.3) is 0 Å². The Hall–Kier alpha value is -1.47. The Kier molecular flexibility index (Phi) is 3.49. The van der Waals surface area contributed by atoms with Gasteiger partial charge in [-0.3, -0.25) is 4.79 Å². The minimum Gasteiger partial charge on any atom is -0.344 e. The van der Waals surface area contributed by atoms with Gasteiger partial charge in [0.1, 0.15) is 5.82 Å². The number of halogens is 1. The molecule has 1 aromatic rings. The van der Waals surface area contributed by atoms with Gasteiger partial charge < -0.3 is 4.90 Å². The molecule has 2 saturated heterocycles. The van der Waals surface area contributed by atoms with Crippen LogP contribution in [0.5, 0.6) is 0 Å². The summed E-state index contributed by atoms with van der Waals surface area (Å²) in [4.78, 5) is 12.2. The van der Waals surface area contributed by atoms with Crippen molar-refractivity contribution in [2.75, 3.05) is 31.9 Å². The van der Waals surface area contributed by atoms with E-state index in [9.17, 15) is 17.6 Å². The Balaban J connectivity index is 1.52. The van der Waals surface area contributed by atoms with E-state index in [1.807, 2.05) is 0 Å². The molecule has 2 aliphatic rings. The third-order valence-electron chi connectivity index (χ3n) is 4.20. The van der Waals surface area contributed by atoms with Crippen molar-refractivity contribution >= 4 is 16.4 Å². The number of likely N-dealkylation sites (tertiary alicyclic amines) is 1. The van der Waals surface area contributed by atoms with Gasteiger partial charge in [-0.25, -0.2) is 17.1 Å². The van der Waals surface area contributed by atoms with Gasteiger partial charge in [0.05, 0.1) is 5.75 Å². The summed E-state index contributed by atoms with van der Waals surface area (Å²) in [6, 6.07) is 5.89. The Bertz CT molecular complexity index is 631. The van der Waals surface area contributed by atoms with E-state index in [1.54, 1.807) is 17.0 Å². The molecule has 0 atom stereocenters. The van der Waals surface area contributed by atoms with Crippen molar-refractivity contribution in [3.63, 3.8) is 0 Å². The van der Waals surface area contributed by atoms with Gasteiger partial charge in [-0.1, -0.05) is 12.1 Å². The molecule has 3 rings (SSSR count). The van der Waals surface area contributed by atoms with Gasteiger partial charge in [-0.05, 0) is 24.1 Å². The first-order valence-electron chi connectivity index (χ1n) is 6.84. The molecule has 1 spiro atoms. The lowest BCUT2D eigenvalue weighted by Crippen LogP contribution is -2.72. The van der Waals surface area contributed by atoms with Gasteiger partial charge in [0, 0.05) is 31.6 Å². The highest BCUT2D eigenvalue weighted by molar-refractivity contribution is 7.89. The highest BCUT2D eigenvalue weighted by Gasteiger charge is 2.54. The van der Waals surface area contributed by atoms with Crippen molar-refractivity contribution in [2.45, 2.75) is 6.42 Å². The van der Waals surface area contributed by atoms with Crippen molar-refractivity contribution in [1.29, 1.82) is 0 Å². The second-order valence-electron chi connectivity index (χ2n) is 5.97. The van der Waals surface area contributed by atoms with E-state index < -0.39 is 10.0 Å². The van der Waals surface area contributed by atoms with E-state index in [-0.39, 0.29) is 17.0 Å². The number of sulfonamides is 1. The molecule has 0 bridgehead atoms. The van der Waals surface area contributed by atoms with Crippen LogP contribution in [0.4, 0.5) is 4.39 Å². The lowest BCUT2D eigenvalue weighted by Gasteiger charge is -2.58. The molecular formula is C14H17FN2O3S. The Morgan fingerprint density at radius 1 is 1.14 bits per heavy atom. The summed E-state index contributed by atoms with van der Waals surface area (Å²) < 4.78 is 38.7. The normalized spacial score (nSPS) is 20.9. The maximum Gasteiger partial charge on any atom is 0.214 e. The quantitative estimate of drug-likeness (QED) is 0.743. The minimum atomic E-state index is -3.27. The molecule has 1 amide bonds. The fourth-order valence-corrected chi connectivity index (χ4v) is 4.71. The molecule has 5 nitrogen and oxygen atoms in total. The van der Waals surface area contributed by atoms with Crippen LogP contribution in [-0.4, -0.2) is 56.0 Å². The second-order valence-corrected chi connectivity index (χ2v) is 8.06. The summed E-state index contributed by atoms with van der Waals surface area (Å²) in [5, 5.41) is 0. The minimum absolute atomic E-state index is 0.0101. The molecule has 0 N–H and O–H groups in total. The predicted molar refractivity (Wildman–Crippen MR) is 75.5 cm³/mol. The predicted octanol–water partition coefficient (Wildman–Crippen LogP) is 0.472.